The lowest BCUT2D eigenvalue weighted by Gasteiger charge is -2.27. The number of hydrogen-bond donors (Lipinski definition) is 1. The Bertz CT molecular complexity index is 700. The monoisotopic (exact) mass is 317 g/mol. The largest absolute Gasteiger partial charge is 0.363 e. The van der Waals surface area contributed by atoms with Crippen molar-refractivity contribution in [2.24, 2.45) is 0 Å². The molecule has 2 aromatic carbocycles. The second kappa shape index (κ2) is 8.27. The topological polar surface area (TPSA) is 28.2 Å². The van der Waals surface area contributed by atoms with Crippen LogP contribution in [0.25, 0.3) is 0 Å². The van der Waals surface area contributed by atoms with Crippen LogP contribution in [0.1, 0.15) is 16.7 Å². The van der Waals surface area contributed by atoms with Crippen molar-refractivity contribution in [1.29, 1.82) is 0 Å². The molecule has 3 aromatic rings. The van der Waals surface area contributed by atoms with Gasteiger partial charge in [-0.2, -0.15) is 0 Å². The summed E-state index contributed by atoms with van der Waals surface area (Å²) in [6.07, 6.45) is 3.83. The first-order chi connectivity index (χ1) is 11.9. The molecule has 1 heterocycles. The third-order valence-corrected chi connectivity index (χ3v) is 4.02. The average molecular weight is 317 g/mol. The van der Waals surface area contributed by atoms with Crippen molar-refractivity contribution in [1.82, 2.24) is 10.3 Å². The normalized spacial score (nSPS) is 10.5. The molecule has 0 atom stereocenters. The fraction of sp³-hybridized carbons (Fsp3) is 0.190. The summed E-state index contributed by atoms with van der Waals surface area (Å²) >= 11 is 0. The first kappa shape index (κ1) is 16.2. The van der Waals surface area contributed by atoms with E-state index in [-0.39, 0.29) is 0 Å². The van der Waals surface area contributed by atoms with E-state index in [4.69, 9.17) is 0 Å². The maximum Gasteiger partial charge on any atom is 0.0448 e. The summed E-state index contributed by atoms with van der Waals surface area (Å²) in [6, 6.07) is 23.3. The van der Waals surface area contributed by atoms with Crippen molar-refractivity contribution < 1.29 is 0 Å². The van der Waals surface area contributed by atoms with Gasteiger partial charge in [-0.15, -0.1) is 0 Å². The number of benzene rings is 2. The van der Waals surface area contributed by atoms with Gasteiger partial charge in [-0.3, -0.25) is 4.98 Å². The van der Waals surface area contributed by atoms with E-state index in [1.54, 1.807) is 0 Å². The minimum atomic E-state index is 0.809. The van der Waals surface area contributed by atoms with Crippen LogP contribution in [0, 0.1) is 0 Å². The molecule has 1 N–H and O–H groups in total. The zero-order chi connectivity index (χ0) is 16.6. The molecule has 0 unspecified atom stereocenters. The van der Waals surface area contributed by atoms with E-state index in [0.717, 1.165) is 19.6 Å². The molecule has 0 amide bonds. The zero-order valence-electron chi connectivity index (χ0n) is 14.0. The van der Waals surface area contributed by atoms with Gasteiger partial charge >= 0.3 is 0 Å². The molecule has 0 aliphatic heterocycles. The predicted molar refractivity (Wildman–Crippen MR) is 99.8 cm³/mol. The lowest BCUT2D eigenvalue weighted by Crippen LogP contribution is -2.24. The van der Waals surface area contributed by atoms with E-state index in [1.807, 2.05) is 19.4 Å². The molecule has 3 nitrogen and oxygen atoms in total. The highest BCUT2D eigenvalue weighted by Gasteiger charge is 2.12. The van der Waals surface area contributed by atoms with Gasteiger partial charge in [-0.05, 0) is 24.2 Å². The Balaban J connectivity index is 1.92. The van der Waals surface area contributed by atoms with Crippen LogP contribution < -0.4 is 10.2 Å². The Morgan fingerprint density at radius 2 is 1.42 bits per heavy atom. The molecule has 0 radical (unpaired) electrons. The zero-order valence-corrected chi connectivity index (χ0v) is 14.0. The number of anilines is 1. The summed E-state index contributed by atoms with van der Waals surface area (Å²) < 4.78 is 0. The molecule has 0 aliphatic rings. The fourth-order valence-corrected chi connectivity index (χ4v) is 2.89. The van der Waals surface area contributed by atoms with Crippen molar-refractivity contribution in [2.75, 3.05) is 11.9 Å². The third-order valence-electron chi connectivity index (χ3n) is 4.02. The number of hydrogen-bond acceptors (Lipinski definition) is 3. The Labute approximate surface area is 144 Å². The molecule has 0 aliphatic carbocycles. The molecule has 24 heavy (non-hydrogen) atoms. The first-order valence-electron chi connectivity index (χ1n) is 8.27. The van der Waals surface area contributed by atoms with E-state index < -0.39 is 0 Å². The van der Waals surface area contributed by atoms with Gasteiger partial charge in [0.25, 0.3) is 0 Å². The van der Waals surface area contributed by atoms with E-state index in [9.17, 15) is 0 Å². The number of pyridine rings is 1. The van der Waals surface area contributed by atoms with Crippen molar-refractivity contribution >= 4 is 5.69 Å². The lowest BCUT2D eigenvalue weighted by atomic mass is 10.1. The third kappa shape index (κ3) is 4.21. The van der Waals surface area contributed by atoms with Gasteiger partial charge in [0.15, 0.2) is 0 Å². The molecule has 0 spiro atoms. The van der Waals surface area contributed by atoms with Gasteiger partial charge in [0.2, 0.25) is 0 Å². The Morgan fingerprint density at radius 1 is 0.833 bits per heavy atom. The summed E-state index contributed by atoms with van der Waals surface area (Å²) in [5.41, 5.74) is 5.06. The van der Waals surface area contributed by atoms with Crippen LogP contribution in [-0.2, 0) is 19.6 Å². The van der Waals surface area contributed by atoms with Crippen molar-refractivity contribution in [3.63, 3.8) is 0 Å². The molecular formula is C21H23N3. The SMILES string of the molecule is CNCc1cnccc1N(Cc1ccccc1)Cc1ccccc1. The van der Waals surface area contributed by atoms with Gasteiger partial charge in [-0.1, -0.05) is 60.7 Å². The summed E-state index contributed by atoms with van der Waals surface area (Å²) in [4.78, 5) is 6.71. The molecule has 122 valence electrons. The minimum absolute atomic E-state index is 0.809. The maximum atomic E-state index is 4.29. The van der Waals surface area contributed by atoms with Crippen LogP contribution in [0.5, 0.6) is 0 Å². The van der Waals surface area contributed by atoms with Gasteiger partial charge in [-0.25, -0.2) is 0 Å². The second-order valence-corrected chi connectivity index (χ2v) is 5.86. The van der Waals surface area contributed by atoms with Gasteiger partial charge < -0.3 is 10.2 Å². The number of nitrogens with one attached hydrogen (secondary N) is 1. The van der Waals surface area contributed by atoms with Crippen LogP contribution in [0.2, 0.25) is 0 Å². The highest BCUT2D eigenvalue weighted by Crippen LogP contribution is 2.24. The van der Waals surface area contributed by atoms with E-state index >= 15 is 0 Å². The molecule has 1 aromatic heterocycles. The Hall–Kier alpha value is -2.65. The van der Waals surface area contributed by atoms with Gasteiger partial charge in [0.05, 0.1) is 0 Å². The predicted octanol–water partition coefficient (Wildman–Crippen LogP) is 4.01. The standard InChI is InChI=1S/C21H23N3/c1-22-14-20-15-23-13-12-21(20)24(16-18-8-4-2-5-9-18)17-19-10-6-3-7-11-19/h2-13,15,22H,14,16-17H2,1H3. The summed E-state index contributed by atoms with van der Waals surface area (Å²) in [6.45, 7) is 2.55. The Morgan fingerprint density at radius 3 is 1.96 bits per heavy atom. The second-order valence-electron chi connectivity index (χ2n) is 5.86. The Kier molecular flexibility index (Phi) is 5.59. The summed E-state index contributed by atoms with van der Waals surface area (Å²) in [5.74, 6) is 0. The molecule has 3 rings (SSSR count). The van der Waals surface area contributed by atoms with E-state index in [0.29, 0.717) is 0 Å². The molecule has 0 saturated carbocycles. The van der Waals surface area contributed by atoms with Crippen molar-refractivity contribution in [2.45, 2.75) is 19.6 Å². The maximum absolute atomic E-state index is 4.29. The average Bonchev–Trinajstić information content (AvgIpc) is 2.64. The highest BCUT2D eigenvalue weighted by molar-refractivity contribution is 5.53. The minimum Gasteiger partial charge on any atom is -0.363 e. The molecule has 0 saturated heterocycles. The summed E-state index contributed by atoms with van der Waals surface area (Å²) in [7, 11) is 1.97. The lowest BCUT2D eigenvalue weighted by molar-refractivity contribution is 0.764. The van der Waals surface area contributed by atoms with Crippen LogP contribution >= 0.6 is 0 Å². The van der Waals surface area contributed by atoms with Crippen LogP contribution in [0.3, 0.4) is 0 Å². The number of aromatic nitrogens is 1. The molecule has 0 bridgehead atoms. The smallest absolute Gasteiger partial charge is 0.0448 e. The number of rotatable bonds is 7. The van der Waals surface area contributed by atoms with Crippen LogP contribution in [0.15, 0.2) is 79.1 Å². The van der Waals surface area contributed by atoms with Crippen LogP contribution in [-0.4, -0.2) is 12.0 Å². The van der Waals surface area contributed by atoms with Crippen LogP contribution in [0.4, 0.5) is 5.69 Å². The van der Waals surface area contributed by atoms with Gasteiger partial charge in [0.1, 0.15) is 0 Å². The highest BCUT2D eigenvalue weighted by atomic mass is 15.1. The van der Waals surface area contributed by atoms with Crippen molar-refractivity contribution in [3.05, 3.63) is 95.8 Å². The molecule has 0 fully saturated rings. The van der Waals surface area contributed by atoms with Gasteiger partial charge in [0, 0.05) is 43.3 Å². The molecule has 3 heteroatoms. The van der Waals surface area contributed by atoms with Crippen molar-refractivity contribution in [3.8, 4) is 0 Å². The fourth-order valence-electron chi connectivity index (χ4n) is 2.89. The van der Waals surface area contributed by atoms with E-state index in [2.05, 4.69) is 81.9 Å². The summed E-state index contributed by atoms with van der Waals surface area (Å²) in [5, 5.41) is 3.24. The quantitative estimate of drug-likeness (QED) is 0.714. The number of nitrogens with zero attached hydrogens (tertiary/aromatic N) is 2. The first-order valence-corrected chi connectivity index (χ1v) is 8.27. The van der Waals surface area contributed by atoms with E-state index in [1.165, 1.54) is 22.4 Å². The molecular weight excluding hydrogens is 294 g/mol.